The molecule has 0 N–H and O–H groups in total. The number of hydrogen-bond donors (Lipinski definition) is 0. The van der Waals surface area contributed by atoms with Crippen LogP contribution in [0, 0.1) is 24.2 Å². The molecule has 2 saturated heterocycles. The Labute approximate surface area is 295 Å². The van der Waals surface area contributed by atoms with Crippen LogP contribution in [0.1, 0.15) is 48.1 Å². The largest absolute Gasteiger partial charge is 0.496 e. The van der Waals surface area contributed by atoms with Gasteiger partial charge in [-0.25, -0.2) is 9.98 Å². The van der Waals surface area contributed by atoms with Crippen molar-refractivity contribution in [1.29, 1.82) is 5.26 Å². The van der Waals surface area contributed by atoms with E-state index in [1.807, 2.05) is 24.3 Å². The average molecular weight is 671 g/mol. The normalized spacial score (nSPS) is 20.6. The first-order valence-corrected chi connectivity index (χ1v) is 17.8. The molecule has 0 radical (unpaired) electrons. The molecule has 0 aliphatic carbocycles. The van der Waals surface area contributed by atoms with E-state index in [-0.39, 0.29) is 12.0 Å². The van der Waals surface area contributed by atoms with Crippen LogP contribution in [0.3, 0.4) is 0 Å². The van der Waals surface area contributed by atoms with Crippen LogP contribution in [0.5, 0.6) is 11.8 Å². The molecule has 3 aromatic carbocycles. The molecule has 3 aliphatic heterocycles. The Morgan fingerprint density at radius 3 is 2.66 bits per heavy atom. The second-order valence-corrected chi connectivity index (χ2v) is 13.7. The quantitative estimate of drug-likeness (QED) is 0.177. The van der Waals surface area contributed by atoms with Gasteiger partial charge in [-0.3, -0.25) is 0 Å². The van der Waals surface area contributed by atoms with Crippen molar-refractivity contribution in [3.05, 3.63) is 83.0 Å². The zero-order valence-electron chi connectivity index (χ0n) is 29.4. The Bertz CT molecular complexity index is 1930. The highest BCUT2D eigenvalue weighted by molar-refractivity contribution is 5.97. The van der Waals surface area contributed by atoms with Crippen molar-refractivity contribution < 1.29 is 9.47 Å². The van der Waals surface area contributed by atoms with E-state index in [4.69, 9.17) is 24.4 Å². The molecule has 0 saturated carbocycles. The summed E-state index contributed by atoms with van der Waals surface area (Å²) in [6.45, 7) is 7.29. The zero-order chi connectivity index (χ0) is 34.5. The molecule has 3 atom stereocenters. The van der Waals surface area contributed by atoms with Crippen molar-refractivity contribution in [3.8, 4) is 17.8 Å². The van der Waals surface area contributed by atoms with Gasteiger partial charge >= 0.3 is 6.01 Å². The molecule has 0 spiro atoms. The summed E-state index contributed by atoms with van der Waals surface area (Å²) in [5.74, 6) is 1.77. The van der Waals surface area contributed by atoms with Crippen LogP contribution in [-0.4, -0.2) is 79.9 Å². The third-order valence-corrected chi connectivity index (χ3v) is 10.6. The number of anilines is 2. The summed E-state index contributed by atoms with van der Waals surface area (Å²) in [5, 5.41) is 12.4. The van der Waals surface area contributed by atoms with E-state index in [1.165, 1.54) is 34.0 Å². The molecule has 2 fully saturated rings. The molecule has 1 aromatic heterocycles. The minimum atomic E-state index is -0.0382. The fourth-order valence-corrected chi connectivity index (χ4v) is 7.82. The molecule has 7 rings (SSSR count). The molecular weight excluding hydrogens is 624 g/mol. The maximum Gasteiger partial charge on any atom is 0.318 e. The van der Waals surface area contributed by atoms with Crippen molar-refractivity contribution in [2.75, 3.05) is 56.7 Å². The van der Waals surface area contributed by atoms with Gasteiger partial charge in [-0.2, -0.15) is 15.2 Å². The number of piperidine rings is 1. The summed E-state index contributed by atoms with van der Waals surface area (Å²) in [6, 6.07) is 27.0. The number of aromatic nitrogens is 2. The zero-order valence-corrected chi connectivity index (χ0v) is 29.4. The van der Waals surface area contributed by atoms with Crippen molar-refractivity contribution >= 4 is 28.3 Å². The van der Waals surface area contributed by atoms with Gasteiger partial charge < -0.3 is 24.2 Å². The number of fused-ring (bicyclic) bond motifs is 2. The number of likely N-dealkylation sites (N-methyl/N-ethyl adjacent to an activating group) is 1. The summed E-state index contributed by atoms with van der Waals surface area (Å²) in [7, 11) is 3.83. The minimum absolute atomic E-state index is 0.0311. The van der Waals surface area contributed by atoms with E-state index in [2.05, 4.69) is 82.1 Å². The van der Waals surface area contributed by atoms with Gasteiger partial charge in [0.25, 0.3) is 0 Å². The number of nitrogens with zero attached hydrogens (tertiary/aromatic N) is 8. The first kappa shape index (κ1) is 33.5. The maximum atomic E-state index is 9.81. The number of para-hydroxylation sites is 1. The van der Waals surface area contributed by atoms with E-state index < -0.39 is 0 Å². The second kappa shape index (κ2) is 15.3. The highest BCUT2D eigenvalue weighted by atomic mass is 16.5. The molecule has 258 valence electrons. The predicted octanol–water partition coefficient (Wildman–Crippen LogP) is 6.47. The summed E-state index contributed by atoms with van der Waals surface area (Å²) in [5.41, 5.74) is 5.69. The lowest BCUT2D eigenvalue weighted by molar-refractivity contribution is 0.187. The highest BCUT2D eigenvalue weighted by Gasteiger charge is 2.33. The van der Waals surface area contributed by atoms with Crippen LogP contribution in [0.2, 0.25) is 0 Å². The number of likely N-dealkylation sites (tertiary alicyclic amines) is 1. The smallest absolute Gasteiger partial charge is 0.318 e. The van der Waals surface area contributed by atoms with E-state index in [0.29, 0.717) is 44.7 Å². The first-order chi connectivity index (χ1) is 24.5. The minimum Gasteiger partial charge on any atom is -0.496 e. The third kappa shape index (κ3) is 7.16. The second-order valence-electron chi connectivity index (χ2n) is 13.7. The predicted molar refractivity (Wildman–Crippen MR) is 198 cm³/mol. The molecule has 3 aliphatic rings. The fourth-order valence-electron chi connectivity index (χ4n) is 7.82. The van der Waals surface area contributed by atoms with E-state index in [9.17, 15) is 5.26 Å². The molecule has 10 heteroatoms. The number of aliphatic imine (C=N–C) groups is 2. The van der Waals surface area contributed by atoms with E-state index >= 15 is 0 Å². The molecule has 4 aromatic rings. The van der Waals surface area contributed by atoms with Crippen LogP contribution in [0.4, 0.5) is 11.5 Å². The molecule has 4 heterocycles. The van der Waals surface area contributed by atoms with Crippen LogP contribution in [0.25, 0.3) is 10.8 Å². The average Bonchev–Trinajstić information content (AvgIpc) is 3.56. The van der Waals surface area contributed by atoms with Crippen LogP contribution < -0.4 is 19.3 Å². The number of benzene rings is 3. The van der Waals surface area contributed by atoms with Crippen molar-refractivity contribution in [2.24, 2.45) is 15.9 Å². The Morgan fingerprint density at radius 1 is 0.980 bits per heavy atom. The van der Waals surface area contributed by atoms with Crippen molar-refractivity contribution in [2.45, 2.75) is 64.2 Å². The monoisotopic (exact) mass is 670 g/mol. The van der Waals surface area contributed by atoms with Gasteiger partial charge in [-0.15, -0.1) is 0 Å². The van der Waals surface area contributed by atoms with Crippen LogP contribution in [-0.2, 0) is 19.5 Å². The highest BCUT2D eigenvalue weighted by Crippen LogP contribution is 2.37. The Hall–Kier alpha value is -4.97. The number of nitriles is 1. The number of rotatable bonds is 10. The van der Waals surface area contributed by atoms with Gasteiger partial charge in [0.2, 0.25) is 0 Å². The number of methoxy groups -OCH3 is 1. The molecule has 10 nitrogen and oxygen atoms in total. The lowest BCUT2D eigenvalue weighted by Gasteiger charge is -2.39. The standard InChI is InChI=1S/C40H46N8O2/c1-28-9-6-11-29-12-7-14-36(38(28)29)47-21-17-33-35(25-47)44-40(50-26-32-13-8-20-46(32)2)45-39(33)48-22-18-34(31(24-48)16-19-41)43-27-42-23-30-10-4-5-15-37(30)49-3/h4-7,9-12,14-15,31-32,34H,8,13,16-18,20-26H2,1-3H3/t31-,32-,34-/m0/s1. The molecule has 50 heavy (non-hydrogen) atoms. The topological polar surface area (TPSA) is 102 Å². The molecule has 0 unspecified atom stereocenters. The SMILES string of the molecule is COc1ccccc1CN=C=N[C@H]1CCN(c2nc(OC[C@@H]3CCCN3C)nc3c2CCN(c2cccc4cccc(C)c24)C3)C[C@@H]1CC#N. The summed E-state index contributed by atoms with van der Waals surface area (Å²) >= 11 is 0. The fraction of sp³-hybridized carbons (Fsp3) is 0.450. The van der Waals surface area contributed by atoms with Gasteiger partial charge in [0.05, 0.1) is 44.0 Å². The third-order valence-electron chi connectivity index (χ3n) is 10.6. The van der Waals surface area contributed by atoms with Gasteiger partial charge in [0.1, 0.15) is 18.2 Å². The van der Waals surface area contributed by atoms with E-state index in [1.54, 1.807) is 7.11 Å². The van der Waals surface area contributed by atoms with E-state index in [0.717, 1.165) is 61.7 Å². The maximum absolute atomic E-state index is 9.81. The van der Waals surface area contributed by atoms with Gasteiger partial charge in [-0.1, -0.05) is 48.5 Å². The first-order valence-electron chi connectivity index (χ1n) is 17.8. The summed E-state index contributed by atoms with van der Waals surface area (Å²) in [4.78, 5) is 26.5. The molecule has 0 amide bonds. The lowest BCUT2D eigenvalue weighted by Crippen LogP contribution is -2.44. The van der Waals surface area contributed by atoms with Crippen molar-refractivity contribution in [1.82, 2.24) is 14.9 Å². The Morgan fingerprint density at radius 2 is 1.84 bits per heavy atom. The number of hydrogen-bond acceptors (Lipinski definition) is 10. The summed E-state index contributed by atoms with van der Waals surface area (Å²) < 4.78 is 11.8. The number of aryl methyl sites for hydroxylation is 1. The molecular formula is C40H46N8O2. The van der Waals surface area contributed by atoms with Crippen molar-refractivity contribution in [3.63, 3.8) is 0 Å². The van der Waals surface area contributed by atoms with Gasteiger partial charge in [0.15, 0.2) is 0 Å². The Balaban J connectivity index is 1.15. The van der Waals surface area contributed by atoms with Crippen LogP contribution >= 0.6 is 0 Å². The summed E-state index contributed by atoms with van der Waals surface area (Å²) in [6.07, 6.45) is 4.32. The number of ether oxygens (including phenoxy) is 2. The van der Waals surface area contributed by atoms with Gasteiger partial charge in [0, 0.05) is 60.2 Å². The van der Waals surface area contributed by atoms with Gasteiger partial charge in [-0.05, 0) is 69.3 Å². The lowest BCUT2D eigenvalue weighted by atomic mass is 9.89. The van der Waals surface area contributed by atoms with Crippen LogP contribution in [0.15, 0.2) is 70.6 Å². The molecule has 0 bridgehead atoms. The Kier molecular flexibility index (Phi) is 10.2.